The molecule has 0 aliphatic carbocycles. The monoisotopic (exact) mass is 551 g/mol. The zero-order chi connectivity index (χ0) is 28.2. The number of fused-ring (bicyclic) bond motifs is 6. The van der Waals surface area contributed by atoms with Crippen LogP contribution in [0.25, 0.3) is 74.8 Å². The Bertz CT molecular complexity index is 2400. The molecule has 0 atom stereocenters. The van der Waals surface area contributed by atoms with Gasteiger partial charge in [-0.25, -0.2) is 4.85 Å². The van der Waals surface area contributed by atoms with Crippen molar-refractivity contribution in [1.29, 1.82) is 5.26 Å². The fourth-order valence-corrected chi connectivity index (χ4v) is 7.44. The predicted molar refractivity (Wildman–Crippen MR) is 176 cm³/mol. The minimum absolute atomic E-state index is 0.485. The van der Waals surface area contributed by atoms with Crippen LogP contribution in [-0.4, -0.2) is 4.57 Å². The molecule has 0 fully saturated rings. The first kappa shape index (κ1) is 24.1. The molecule has 0 saturated carbocycles. The molecule has 2 aromatic heterocycles. The van der Waals surface area contributed by atoms with E-state index >= 15 is 0 Å². The van der Waals surface area contributed by atoms with Crippen LogP contribution in [0, 0.1) is 17.9 Å². The summed E-state index contributed by atoms with van der Waals surface area (Å²) in [5.41, 5.74) is 8.23. The summed E-state index contributed by atoms with van der Waals surface area (Å²) < 4.78 is 4.90. The maximum atomic E-state index is 9.84. The van der Waals surface area contributed by atoms with Gasteiger partial charge in [-0.05, 0) is 59.2 Å². The molecule has 0 spiro atoms. The summed E-state index contributed by atoms with van der Waals surface area (Å²) >= 11 is 1.84. The summed E-state index contributed by atoms with van der Waals surface area (Å²) in [6.45, 7) is 7.73. The van der Waals surface area contributed by atoms with Crippen LogP contribution in [0.5, 0.6) is 0 Å². The van der Waals surface area contributed by atoms with Gasteiger partial charge in [0.25, 0.3) is 0 Å². The van der Waals surface area contributed by atoms with Crippen molar-refractivity contribution < 1.29 is 0 Å². The van der Waals surface area contributed by atoms with Crippen LogP contribution in [0.4, 0.5) is 5.69 Å². The normalized spacial score (nSPS) is 11.3. The van der Waals surface area contributed by atoms with Gasteiger partial charge >= 0.3 is 0 Å². The second-order valence-electron chi connectivity index (χ2n) is 10.3. The van der Waals surface area contributed by atoms with Crippen LogP contribution >= 0.6 is 11.3 Å². The standard InChI is InChI=1S/C38H21N3S/c1-40-33-15-7-9-26(23-39)37(33)25-18-20-34-32(21-25)29-19-17-24(22-35(29)41(34)27-10-3-2-4-11-27)28-13-8-14-31-30-12-5-6-16-36(30)42-38(28)31/h2-22H. The summed E-state index contributed by atoms with van der Waals surface area (Å²) in [5, 5.41) is 14.6. The zero-order valence-corrected chi connectivity index (χ0v) is 23.2. The lowest BCUT2D eigenvalue weighted by atomic mass is 9.96. The molecule has 0 aliphatic heterocycles. The van der Waals surface area contributed by atoms with Gasteiger partial charge in [-0.15, -0.1) is 11.3 Å². The van der Waals surface area contributed by atoms with E-state index in [-0.39, 0.29) is 0 Å². The quantitative estimate of drug-likeness (QED) is 0.201. The van der Waals surface area contributed by atoms with Crippen LogP contribution in [0.2, 0.25) is 0 Å². The highest BCUT2D eigenvalue weighted by atomic mass is 32.1. The maximum absolute atomic E-state index is 9.84. The van der Waals surface area contributed by atoms with E-state index in [0.29, 0.717) is 16.8 Å². The van der Waals surface area contributed by atoms with Crippen molar-refractivity contribution in [2.45, 2.75) is 0 Å². The predicted octanol–water partition coefficient (Wildman–Crippen LogP) is 10.9. The molecule has 8 aromatic rings. The maximum Gasteiger partial charge on any atom is 0.196 e. The van der Waals surface area contributed by atoms with Crippen molar-refractivity contribution in [3.8, 4) is 34.0 Å². The highest BCUT2D eigenvalue weighted by Crippen LogP contribution is 2.43. The van der Waals surface area contributed by atoms with Crippen molar-refractivity contribution in [2.75, 3.05) is 0 Å². The van der Waals surface area contributed by atoms with Crippen LogP contribution in [0.3, 0.4) is 0 Å². The van der Waals surface area contributed by atoms with Gasteiger partial charge in [0.05, 0.1) is 23.7 Å². The third kappa shape index (κ3) is 3.57. The molecular formula is C38H21N3S. The fraction of sp³-hybridized carbons (Fsp3) is 0. The Kier molecular flexibility index (Phi) is 5.44. The SMILES string of the molecule is [C-]#[N+]c1cccc(C#N)c1-c1ccc2c(c1)c1ccc(-c3cccc4c3sc3ccccc34)cc1n2-c1ccccc1. The molecule has 2 heterocycles. The average Bonchev–Trinajstić information content (AvgIpc) is 3.59. The van der Waals surface area contributed by atoms with Crippen molar-refractivity contribution in [3.05, 3.63) is 144 Å². The number of nitrogens with zero attached hydrogens (tertiary/aromatic N) is 3. The molecule has 0 saturated heterocycles. The first-order valence-corrected chi connectivity index (χ1v) is 14.5. The van der Waals surface area contributed by atoms with Gasteiger partial charge < -0.3 is 4.57 Å². The van der Waals surface area contributed by atoms with Gasteiger partial charge in [0, 0.05) is 47.8 Å². The molecule has 0 radical (unpaired) electrons. The van der Waals surface area contributed by atoms with Crippen molar-refractivity contribution in [1.82, 2.24) is 4.57 Å². The summed E-state index contributed by atoms with van der Waals surface area (Å²) in [5.74, 6) is 0. The summed E-state index contributed by atoms with van der Waals surface area (Å²) in [6.07, 6.45) is 0. The van der Waals surface area contributed by atoms with Crippen molar-refractivity contribution in [2.24, 2.45) is 0 Å². The lowest BCUT2D eigenvalue weighted by molar-refractivity contribution is 1.18. The van der Waals surface area contributed by atoms with E-state index in [1.165, 1.54) is 31.3 Å². The van der Waals surface area contributed by atoms with Gasteiger partial charge in [0.1, 0.15) is 0 Å². The first-order valence-electron chi connectivity index (χ1n) is 13.7. The van der Waals surface area contributed by atoms with Gasteiger partial charge in [-0.1, -0.05) is 84.9 Å². The van der Waals surface area contributed by atoms with Crippen molar-refractivity contribution in [3.63, 3.8) is 0 Å². The molecule has 3 nitrogen and oxygen atoms in total. The zero-order valence-electron chi connectivity index (χ0n) is 22.4. The Labute approximate surface area is 246 Å². The molecule has 0 bridgehead atoms. The van der Waals surface area contributed by atoms with Crippen LogP contribution in [0.1, 0.15) is 5.56 Å². The minimum Gasteiger partial charge on any atom is -0.309 e. The lowest BCUT2D eigenvalue weighted by Gasteiger charge is -2.10. The van der Waals surface area contributed by atoms with E-state index < -0.39 is 0 Å². The topological polar surface area (TPSA) is 33.1 Å². The number of aromatic nitrogens is 1. The summed E-state index contributed by atoms with van der Waals surface area (Å²) in [7, 11) is 0. The van der Waals surface area contributed by atoms with Crippen LogP contribution < -0.4 is 0 Å². The van der Waals surface area contributed by atoms with Crippen LogP contribution in [0.15, 0.2) is 127 Å². The smallest absolute Gasteiger partial charge is 0.196 e. The van der Waals surface area contributed by atoms with Gasteiger partial charge in [0.15, 0.2) is 5.69 Å². The van der Waals surface area contributed by atoms with Gasteiger partial charge in [0.2, 0.25) is 0 Å². The largest absolute Gasteiger partial charge is 0.309 e. The molecule has 0 unspecified atom stereocenters. The highest BCUT2D eigenvalue weighted by molar-refractivity contribution is 7.26. The first-order chi connectivity index (χ1) is 20.7. The molecule has 4 heteroatoms. The highest BCUT2D eigenvalue weighted by Gasteiger charge is 2.18. The number of hydrogen-bond donors (Lipinski definition) is 0. The molecule has 194 valence electrons. The van der Waals surface area contributed by atoms with E-state index in [2.05, 4.69) is 113 Å². The Morgan fingerprint density at radius 1 is 0.643 bits per heavy atom. The third-order valence-corrected chi connectivity index (χ3v) is 9.29. The molecule has 0 amide bonds. The Balaban J connectivity index is 1.42. The van der Waals surface area contributed by atoms with Gasteiger partial charge in [-0.2, -0.15) is 5.26 Å². The number of hydrogen-bond acceptors (Lipinski definition) is 2. The molecule has 8 rings (SSSR count). The Morgan fingerprint density at radius 3 is 2.29 bits per heavy atom. The molecule has 42 heavy (non-hydrogen) atoms. The van der Waals surface area contributed by atoms with Crippen molar-refractivity contribution >= 4 is 59.0 Å². The fourth-order valence-electron chi connectivity index (χ4n) is 6.20. The number of nitriles is 1. The number of rotatable bonds is 3. The van der Waals surface area contributed by atoms with E-state index in [1.807, 2.05) is 23.5 Å². The third-order valence-electron chi connectivity index (χ3n) is 8.07. The van der Waals surface area contributed by atoms with E-state index in [0.717, 1.165) is 33.1 Å². The summed E-state index contributed by atoms with van der Waals surface area (Å²) in [6, 6.07) is 46.3. The molecule has 0 aliphatic rings. The second kappa shape index (κ2) is 9.46. The summed E-state index contributed by atoms with van der Waals surface area (Å²) in [4.78, 5) is 3.73. The van der Waals surface area contributed by atoms with E-state index in [1.54, 1.807) is 18.2 Å². The molecular weight excluding hydrogens is 531 g/mol. The minimum atomic E-state index is 0.485. The van der Waals surface area contributed by atoms with Crippen LogP contribution in [-0.2, 0) is 0 Å². The molecule has 6 aromatic carbocycles. The number of para-hydroxylation sites is 1. The molecule has 0 N–H and O–H groups in total. The lowest BCUT2D eigenvalue weighted by Crippen LogP contribution is -1.93. The van der Waals surface area contributed by atoms with E-state index in [4.69, 9.17) is 6.57 Å². The van der Waals surface area contributed by atoms with Gasteiger partial charge in [-0.3, -0.25) is 0 Å². The second-order valence-corrected chi connectivity index (χ2v) is 11.4. The number of thiophene rings is 1. The Morgan fingerprint density at radius 2 is 1.43 bits per heavy atom. The van der Waals surface area contributed by atoms with E-state index in [9.17, 15) is 5.26 Å². The Hall–Kier alpha value is -5.68. The number of benzene rings is 6. The average molecular weight is 552 g/mol.